The van der Waals surface area contributed by atoms with E-state index in [1.165, 1.54) is 6.07 Å². The molecule has 0 saturated carbocycles. The number of hydrogen-bond donors (Lipinski definition) is 0. The lowest BCUT2D eigenvalue weighted by Crippen LogP contribution is -2.01. The van der Waals surface area contributed by atoms with Crippen molar-refractivity contribution >= 4 is 11.8 Å². The van der Waals surface area contributed by atoms with E-state index < -0.39 is 5.51 Å². The fraction of sp³-hybridized carbons (Fsp3) is 0.429. The maximum absolute atomic E-state index is 12.5. The Morgan fingerprint density at radius 2 is 1.94 bits per heavy atom. The zero-order chi connectivity index (χ0) is 13.8. The van der Waals surface area contributed by atoms with Crippen molar-refractivity contribution in [1.82, 2.24) is 0 Å². The summed E-state index contributed by atoms with van der Waals surface area (Å²) >= 11 is -0.0939. The van der Waals surface area contributed by atoms with Gasteiger partial charge in [-0.15, -0.1) is 0 Å². The Morgan fingerprint density at radius 3 is 2.44 bits per heavy atom. The van der Waals surface area contributed by atoms with E-state index >= 15 is 0 Å². The van der Waals surface area contributed by atoms with E-state index in [1.807, 2.05) is 26.8 Å². The smallest absolute Gasteiger partial charge is 0.160 e. The van der Waals surface area contributed by atoms with Gasteiger partial charge < -0.3 is 0 Å². The number of alkyl halides is 3. The molecule has 0 atom stereocenters. The van der Waals surface area contributed by atoms with Crippen molar-refractivity contribution in [3.8, 4) is 11.8 Å². The van der Waals surface area contributed by atoms with Gasteiger partial charge in [-0.2, -0.15) is 13.2 Å². The molecule has 0 amide bonds. The Hall–Kier alpha value is -1.08. The third-order valence-electron chi connectivity index (χ3n) is 2.20. The Morgan fingerprint density at radius 1 is 1.28 bits per heavy atom. The first-order chi connectivity index (χ1) is 8.33. The lowest BCUT2D eigenvalue weighted by Gasteiger charge is -2.10. The first kappa shape index (κ1) is 15.0. The van der Waals surface area contributed by atoms with Crippen LogP contribution in [-0.4, -0.2) is 5.51 Å². The van der Waals surface area contributed by atoms with E-state index in [9.17, 15) is 13.2 Å². The van der Waals surface area contributed by atoms with E-state index in [2.05, 4.69) is 11.8 Å². The van der Waals surface area contributed by atoms with Crippen molar-refractivity contribution in [3.05, 3.63) is 29.3 Å². The molecule has 0 aromatic heterocycles. The Kier molecular flexibility index (Phi) is 5.15. The summed E-state index contributed by atoms with van der Waals surface area (Å²) in [5.74, 6) is 5.95. The summed E-state index contributed by atoms with van der Waals surface area (Å²) in [4.78, 5) is 0.190. The van der Waals surface area contributed by atoms with Crippen LogP contribution in [0.4, 0.5) is 13.2 Å². The second kappa shape index (κ2) is 6.19. The minimum Gasteiger partial charge on any atom is -0.160 e. The maximum Gasteiger partial charge on any atom is 0.446 e. The van der Waals surface area contributed by atoms with E-state index in [0.717, 1.165) is 5.56 Å². The van der Waals surface area contributed by atoms with Gasteiger partial charge in [-0.3, -0.25) is 0 Å². The van der Waals surface area contributed by atoms with Gasteiger partial charge in [0, 0.05) is 16.4 Å². The number of rotatable bonds is 2. The van der Waals surface area contributed by atoms with Crippen LogP contribution in [0.1, 0.15) is 31.9 Å². The molecule has 0 heterocycles. The van der Waals surface area contributed by atoms with Gasteiger partial charge in [0.05, 0.1) is 0 Å². The molecule has 0 nitrogen and oxygen atoms in total. The number of aryl methyl sites for hydroxylation is 1. The molecule has 1 aromatic rings. The van der Waals surface area contributed by atoms with Gasteiger partial charge in [0.1, 0.15) is 0 Å². The van der Waals surface area contributed by atoms with E-state index in [-0.39, 0.29) is 22.6 Å². The van der Waals surface area contributed by atoms with Crippen LogP contribution in [-0.2, 0) is 6.42 Å². The topological polar surface area (TPSA) is 0 Å². The fourth-order valence-electron chi connectivity index (χ4n) is 1.44. The molecule has 1 rings (SSSR count). The van der Waals surface area contributed by atoms with Crippen LogP contribution in [0.2, 0.25) is 0 Å². The molecule has 0 fully saturated rings. The molecule has 4 heteroatoms. The maximum atomic E-state index is 12.5. The van der Waals surface area contributed by atoms with Gasteiger partial charge >= 0.3 is 5.51 Å². The van der Waals surface area contributed by atoms with Crippen LogP contribution < -0.4 is 0 Å². The number of hydrogen-bond acceptors (Lipinski definition) is 1. The molecule has 0 spiro atoms. The van der Waals surface area contributed by atoms with Gasteiger partial charge in [-0.1, -0.05) is 44.7 Å². The highest BCUT2D eigenvalue weighted by Crippen LogP contribution is 2.39. The quantitative estimate of drug-likeness (QED) is 0.547. The second-order valence-electron chi connectivity index (χ2n) is 4.12. The average Bonchev–Trinajstić information content (AvgIpc) is 2.24. The molecule has 1 aromatic carbocycles. The minimum atomic E-state index is -4.28. The monoisotopic (exact) mass is 272 g/mol. The zero-order valence-electron chi connectivity index (χ0n) is 10.6. The molecule has 0 aliphatic rings. The molecule has 0 aliphatic heterocycles. The number of thioether (sulfide) groups is 1. The summed E-state index contributed by atoms with van der Waals surface area (Å²) in [5, 5.41) is 0. The van der Waals surface area contributed by atoms with Gasteiger partial charge in [-0.25, -0.2) is 0 Å². The molecule has 18 heavy (non-hydrogen) atoms. The molecule has 0 N–H and O–H groups in total. The van der Waals surface area contributed by atoms with Crippen LogP contribution in [0.25, 0.3) is 0 Å². The van der Waals surface area contributed by atoms with Crippen LogP contribution in [0, 0.1) is 17.8 Å². The fourth-order valence-corrected chi connectivity index (χ4v) is 2.12. The molecular formula is C14H15F3S. The van der Waals surface area contributed by atoms with E-state index in [4.69, 9.17) is 0 Å². The van der Waals surface area contributed by atoms with E-state index in [0.29, 0.717) is 12.0 Å². The molecule has 0 unspecified atom stereocenters. The third kappa shape index (κ3) is 4.66. The van der Waals surface area contributed by atoms with Gasteiger partial charge in [0.2, 0.25) is 0 Å². The minimum absolute atomic E-state index is 0.0939. The summed E-state index contributed by atoms with van der Waals surface area (Å²) in [6, 6.07) is 4.94. The Balaban J connectivity index is 3.22. The van der Waals surface area contributed by atoms with Crippen LogP contribution in [0.5, 0.6) is 0 Å². The summed E-state index contributed by atoms with van der Waals surface area (Å²) in [6.07, 6.45) is 0.675. The predicted octanol–water partition coefficient (Wildman–Crippen LogP) is 4.87. The molecule has 0 aliphatic carbocycles. The average molecular weight is 272 g/mol. The standard InChI is InChI=1S/C14H15F3S/c1-4-11-6-5-7-13(18-14(15,16)17)12(11)9-8-10(2)3/h5-7,10H,4H2,1-3H3. The highest BCUT2D eigenvalue weighted by atomic mass is 32.2. The SMILES string of the molecule is CCc1cccc(SC(F)(F)F)c1C#CC(C)C. The lowest BCUT2D eigenvalue weighted by molar-refractivity contribution is -0.0328. The Labute approximate surface area is 110 Å². The first-order valence-corrected chi connectivity index (χ1v) is 6.54. The Bertz CT molecular complexity index is 464. The normalized spacial score (nSPS) is 11.3. The third-order valence-corrected chi connectivity index (χ3v) is 3.00. The number of halogens is 3. The van der Waals surface area contributed by atoms with E-state index in [1.54, 1.807) is 6.07 Å². The zero-order valence-corrected chi connectivity index (χ0v) is 11.4. The van der Waals surface area contributed by atoms with Crippen LogP contribution in [0.3, 0.4) is 0 Å². The largest absolute Gasteiger partial charge is 0.446 e. The van der Waals surface area contributed by atoms with Crippen molar-refractivity contribution in [2.45, 2.75) is 37.6 Å². The highest BCUT2D eigenvalue weighted by molar-refractivity contribution is 8.00. The van der Waals surface area contributed by atoms with Crippen molar-refractivity contribution in [2.24, 2.45) is 5.92 Å². The number of benzene rings is 1. The van der Waals surface area contributed by atoms with Gasteiger partial charge in [-0.05, 0) is 29.8 Å². The molecule has 0 bridgehead atoms. The molecule has 98 valence electrons. The summed E-state index contributed by atoms with van der Waals surface area (Å²) in [7, 11) is 0. The van der Waals surface area contributed by atoms with Crippen LogP contribution >= 0.6 is 11.8 Å². The molecule has 0 radical (unpaired) electrons. The summed E-state index contributed by atoms with van der Waals surface area (Å²) in [6.45, 7) is 5.74. The van der Waals surface area contributed by atoms with Crippen LogP contribution in [0.15, 0.2) is 23.1 Å². The molecular weight excluding hydrogens is 257 g/mol. The van der Waals surface area contributed by atoms with Crippen molar-refractivity contribution in [1.29, 1.82) is 0 Å². The van der Waals surface area contributed by atoms with Gasteiger partial charge in [0.15, 0.2) is 0 Å². The predicted molar refractivity (Wildman–Crippen MR) is 69.4 cm³/mol. The summed E-state index contributed by atoms with van der Waals surface area (Å²) < 4.78 is 37.4. The van der Waals surface area contributed by atoms with Crippen molar-refractivity contribution < 1.29 is 13.2 Å². The second-order valence-corrected chi connectivity index (χ2v) is 5.22. The van der Waals surface area contributed by atoms with Gasteiger partial charge in [0.25, 0.3) is 0 Å². The van der Waals surface area contributed by atoms with Crippen molar-refractivity contribution in [2.75, 3.05) is 0 Å². The highest BCUT2D eigenvalue weighted by Gasteiger charge is 2.30. The summed E-state index contributed by atoms with van der Waals surface area (Å²) in [5.41, 5.74) is -2.91. The molecule has 0 saturated heterocycles. The first-order valence-electron chi connectivity index (χ1n) is 5.72. The lowest BCUT2D eigenvalue weighted by atomic mass is 10.0. The van der Waals surface area contributed by atoms with Crippen molar-refractivity contribution in [3.63, 3.8) is 0 Å².